The van der Waals surface area contributed by atoms with Gasteiger partial charge in [-0.3, -0.25) is 4.99 Å². The Hall–Kier alpha value is -2.20. The number of fused-ring (bicyclic) bond motifs is 1. The molecule has 2 aliphatic heterocycles. The Kier molecular flexibility index (Phi) is 9.08. The van der Waals surface area contributed by atoms with Crippen LogP contribution in [0.1, 0.15) is 30.9 Å². The number of benzene rings is 2. The van der Waals surface area contributed by atoms with Crippen LogP contribution in [0.4, 0.5) is 0 Å². The van der Waals surface area contributed by atoms with Crippen LogP contribution in [0, 0.1) is 0 Å². The summed E-state index contributed by atoms with van der Waals surface area (Å²) in [6.07, 6.45) is 1.89. The van der Waals surface area contributed by atoms with Gasteiger partial charge in [0.1, 0.15) is 5.75 Å². The maximum Gasteiger partial charge on any atom is 0.231 e. The van der Waals surface area contributed by atoms with Gasteiger partial charge in [-0.2, -0.15) is 0 Å². The normalized spacial score (nSPS) is 16.6. The van der Waals surface area contributed by atoms with Gasteiger partial charge in [-0.1, -0.05) is 18.2 Å². The topological polar surface area (TPSA) is 64.6 Å². The van der Waals surface area contributed by atoms with E-state index in [1.165, 1.54) is 11.1 Å². The number of rotatable bonds is 7. The molecule has 1 N–H and O–H groups in total. The summed E-state index contributed by atoms with van der Waals surface area (Å²) in [4.78, 5) is 6.67. The summed E-state index contributed by atoms with van der Waals surface area (Å²) in [6, 6.07) is 14.5. The summed E-state index contributed by atoms with van der Waals surface area (Å²) in [7, 11) is 3.89. The highest BCUT2D eigenvalue weighted by atomic mass is 127. The third-order valence-electron chi connectivity index (χ3n) is 6.25. The fourth-order valence-electron chi connectivity index (χ4n) is 4.40. The largest absolute Gasteiger partial charge is 0.494 e. The summed E-state index contributed by atoms with van der Waals surface area (Å²) < 4.78 is 22.4. The maximum absolute atomic E-state index is 5.69. The second-order valence-corrected chi connectivity index (χ2v) is 8.29. The van der Waals surface area contributed by atoms with Gasteiger partial charge in [0, 0.05) is 45.8 Å². The lowest BCUT2D eigenvalue weighted by atomic mass is 9.74. The molecule has 2 aromatic rings. The first-order valence-corrected chi connectivity index (χ1v) is 11.2. The number of halogens is 1. The van der Waals surface area contributed by atoms with E-state index in [0.29, 0.717) is 6.61 Å². The number of hydrogen-bond acceptors (Lipinski definition) is 5. The molecule has 8 heteroatoms. The SMILES string of the molecule is CCOc1ccc(CN(C)C(=NC)NCC2(c3ccc4c(c3)OCO4)CCOCC2)cc1.I. The zero-order valence-corrected chi connectivity index (χ0v) is 22.0. The van der Waals surface area contributed by atoms with Crippen LogP contribution in [-0.2, 0) is 16.7 Å². The maximum atomic E-state index is 5.69. The van der Waals surface area contributed by atoms with E-state index in [4.69, 9.17) is 18.9 Å². The van der Waals surface area contributed by atoms with Crippen molar-refractivity contribution in [3.8, 4) is 17.2 Å². The highest BCUT2D eigenvalue weighted by Gasteiger charge is 2.36. The number of ether oxygens (including phenoxy) is 4. The minimum Gasteiger partial charge on any atom is -0.494 e. The monoisotopic (exact) mass is 567 g/mol. The van der Waals surface area contributed by atoms with Crippen LogP contribution < -0.4 is 19.5 Å². The Morgan fingerprint density at radius 1 is 1.09 bits per heavy atom. The summed E-state index contributed by atoms with van der Waals surface area (Å²) in [5.74, 6) is 3.40. The van der Waals surface area contributed by atoms with Crippen molar-refractivity contribution in [2.24, 2.45) is 4.99 Å². The number of guanidine groups is 1. The molecule has 0 saturated carbocycles. The molecule has 0 amide bonds. The van der Waals surface area contributed by atoms with Crippen molar-refractivity contribution in [1.29, 1.82) is 0 Å². The van der Waals surface area contributed by atoms with Gasteiger partial charge in [-0.15, -0.1) is 24.0 Å². The van der Waals surface area contributed by atoms with E-state index in [9.17, 15) is 0 Å². The van der Waals surface area contributed by atoms with Crippen molar-refractivity contribution in [2.45, 2.75) is 31.7 Å². The molecule has 2 aromatic carbocycles. The number of hydrogen-bond donors (Lipinski definition) is 1. The molecular formula is C25H34IN3O4. The fourth-order valence-corrected chi connectivity index (χ4v) is 4.40. The van der Waals surface area contributed by atoms with E-state index < -0.39 is 0 Å². The molecule has 0 radical (unpaired) electrons. The van der Waals surface area contributed by atoms with Crippen LogP contribution in [0.5, 0.6) is 17.2 Å². The first kappa shape index (κ1) is 25.4. The number of nitrogens with one attached hydrogen (secondary N) is 1. The Morgan fingerprint density at radius 3 is 2.52 bits per heavy atom. The van der Waals surface area contributed by atoms with Gasteiger partial charge >= 0.3 is 0 Å². The molecule has 33 heavy (non-hydrogen) atoms. The highest BCUT2D eigenvalue weighted by molar-refractivity contribution is 14.0. The first-order chi connectivity index (χ1) is 15.6. The van der Waals surface area contributed by atoms with Crippen LogP contribution in [0.25, 0.3) is 0 Å². The van der Waals surface area contributed by atoms with Gasteiger partial charge in [0.2, 0.25) is 6.79 Å². The van der Waals surface area contributed by atoms with Crippen molar-refractivity contribution in [2.75, 3.05) is 47.3 Å². The Labute approximate surface area is 213 Å². The minimum atomic E-state index is -0.0465. The van der Waals surface area contributed by atoms with Gasteiger partial charge in [-0.25, -0.2) is 0 Å². The summed E-state index contributed by atoms with van der Waals surface area (Å²) in [6.45, 7) is 5.98. The molecule has 0 bridgehead atoms. The molecule has 2 aliphatic rings. The van der Waals surface area contributed by atoms with E-state index in [-0.39, 0.29) is 36.2 Å². The van der Waals surface area contributed by atoms with Crippen molar-refractivity contribution < 1.29 is 18.9 Å². The molecule has 0 spiro atoms. The molecule has 4 rings (SSSR count). The fraction of sp³-hybridized carbons (Fsp3) is 0.480. The second kappa shape index (κ2) is 11.8. The van der Waals surface area contributed by atoms with Crippen molar-refractivity contribution in [1.82, 2.24) is 10.2 Å². The molecule has 0 aliphatic carbocycles. The van der Waals surface area contributed by atoms with Gasteiger partial charge < -0.3 is 29.2 Å². The molecular weight excluding hydrogens is 533 g/mol. The molecule has 1 fully saturated rings. The Morgan fingerprint density at radius 2 is 1.82 bits per heavy atom. The molecule has 7 nitrogen and oxygen atoms in total. The lowest BCUT2D eigenvalue weighted by molar-refractivity contribution is 0.0511. The van der Waals surface area contributed by atoms with Crippen molar-refractivity contribution in [3.63, 3.8) is 0 Å². The quantitative estimate of drug-likeness (QED) is 0.308. The predicted octanol–water partition coefficient (Wildman–Crippen LogP) is 4.19. The van der Waals surface area contributed by atoms with Crippen LogP contribution in [0.2, 0.25) is 0 Å². The zero-order chi connectivity index (χ0) is 22.4. The average Bonchev–Trinajstić information content (AvgIpc) is 3.30. The molecule has 180 valence electrons. The smallest absolute Gasteiger partial charge is 0.231 e. The molecule has 1 saturated heterocycles. The number of aliphatic imine (C=N–C) groups is 1. The molecule has 0 aromatic heterocycles. The lowest BCUT2D eigenvalue weighted by Crippen LogP contribution is -2.48. The van der Waals surface area contributed by atoms with Gasteiger partial charge in [0.25, 0.3) is 0 Å². The van der Waals surface area contributed by atoms with E-state index in [0.717, 1.165) is 62.4 Å². The molecule has 0 unspecified atom stereocenters. The van der Waals surface area contributed by atoms with Gasteiger partial charge in [0.05, 0.1) is 6.61 Å². The van der Waals surface area contributed by atoms with Crippen LogP contribution >= 0.6 is 24.0 Å². The second-order valence-electron chi connectivity index (χ2n) is 8.29. The number of nitrogens with zero attached hydrogens (tertiary/aromatic N) is 2. The Balaban J connectivity index is 0.00000306. The van der Waals surface area contributed by atoms with Gasteiger partial charge in [0.15, 0.2) is 17.5 Å². The summed E-state index contributed by atoms with van der Waals surface area (Å²) >= 11 is 0. The van der Waals surface area contributed by atoms with Crippen molar-refractivity contribution >= 4 is 29.9 Å². The standard InChI is InChI=1S/C25H33N3O4.HI/c1-4-30-21-8-5-19(6-9-21)16-28(3)24(26-2)27-17-25(11-13-29-14-12-25)20-7-10-22-23(15-20)32-18-31-22;/h5-10,15H,4,11-14,16-18H2,1-3H3,(H,26,27);1H. The first-order valence-electron chi connectivity index (χ1n) is 11.2. The third kappa shape index (κ3) is 6.03. The average molecular weight is 567 g/mol. The third-order valence-corrected chi connectivity index (χ3v) is 6.25. The van der Waals surface area contributed by atoms with Crippen molar-refractivity contribution in [3.05, 3.63) is 53.6 Å². The predicted molar refractivity (Wildman–Crippen MR) is 140 cm³/mol. The van der Waals surface area contributed by atoms with Crippen LogP contribution in [-0.4, -0.2) is 58.1 Å². The van der Waals surface area contributed by atoms with E-state index in [1.807, 2.05) is 32.2 Å². The van der Waals surface area contributed by atoms with Gasteiger partial charge in [-0.05, 0) is 55.2 Å². The molecule has 2 heterocycles. The van der Waals surface area contributed by atoms with E-state index in [2.05, 4.69) is 46.5 Å². The van der Waals surface area contributed by atoms with E-state index >= 15 is 0 Å². The highest BCUT2D eigenvalue weighted by Crippen LogP contribution is 2.40. The van der Waals surface area contributed by atoms with Crippen LogP contribution in [0.15, 0.2) is 47.5 Å². The molecule has 0 atom stereocenters. The zero-order valence-electron chi connectivity index (χ0n) is 19.6. The summed E-state index contributed by atoms with van der Waals surface area (Å²) in [5, 5.41) is 3.62. The van der Waals surface area contributed by atoms with Crippen LogP contribution in [0.3, 0.4) is 0 Å². The summed E-state index contributed by atoms with van der Waals surface area (Å²) in [5.41, 5.74) is 2.41. The van der Waals surface area contributed by atoms with E-state index in [1.54, 1.807) is 0 Å². The minimum absolute atomic E-state index is 0. The Bertz CT molecular complexity index is 930. The lowest BCUT2D eigenvalue weighted by Gasteiger charge is -2.39.